The Hall–Kier alpha value is -3.63. The normalized spacial score (nSPS) is 10.8. The van der Waals surface area contributed by atoms with Crippen LogP contribution in [0.5, 0.6) is 5.75 Å². The van der Waals surface area contributed by atoms with Crippen LogP contribution >= 0.6 is 0 Å². The maximum absolute atomic E-state index is 11.9. The van der Waals surface area contributed by atoms with Crippen molar-refractivity contribution in [1.82, 2.24) is 0 Å². The summed E-state index contributed by atoms with van der Waals surface area (Å²) in [4.78, 5) is 11.9. The summed E-state index contributed by atoms with van der Waals surface area (Å²) >= 11 is 0. The number of rotatable bonds is 8. The van der Waals surface area contributed by atoms with Gasteiger partial charge in [-0.2, -0.15) is 0 Å². The second-order valence-corrected chi connectivity index (χ2v) is 7.64. The first kappa shape index (κ1) is 21.6. The van der Waals surface area contributed by atoms with Crippen LogP contribution in [0.15, 0.2) is 84.9 Å². The van der Waals surface area contributed by atoms with E-state index in [1.54, 1.807) is 6.92 Å². The molecule has 0 spiro atoms. The van der Waals surface area contributed by atoms with E-state index in [0.717, 1.165) is 22.3 Å². The highest BCUT2D eigenvalue weighted by atomic mass is 16.5. The maximum atomic E-state index is 11.9. The Labute approximate surface area is 188 Å². The molecule has 0 aliphatic heterocycles. The molecule has 0 saturated carbocycles. The second kappa shape index (κ2) is 10.1. The fourth-order valence-electron chi connectivity index (χ4n) is 3.85. The number of fused-ring (bicyclic) bond motifs is 1. The Kier molecular flexibility index (Phi) is 6.83. The van der Waals surface area contributed by atoms with Gasteiger partial charge in [0.25, 0.3) is 0 Å². The van der Waals surface area contributed by atoms with Crippen LogP contribution in [0.3, 0.4) is 0 Å². The molecule has 0 amide bonds. The molecule has 4 aromatic carbocycles. The van der Waals surface area contributed by atoms with Crippen molar-refractivity contribution >= 4 is 16.7 Å². The SMILES string of the molecule is CCOC(=O)Cc1ccccc1OCc1ccc2cccc(-c3cccc(CN)c3)c2c1. The quantitative estimate of drug-likeness (QED) is 0.371. The van der Waals surface area contributed by atoms with Crippen LogP contribution in [0.1, 0.15) is 23.6 Å². The Morgan fingerprint density at radius 2 is 1.72 bits per heavy atom. The predicted molar refractivity (Wildman–Crippen MR) is 128 cm³/mol. The minimum Gasteiger partial charge on any atom is -0.489 e. The van der Waals surface area contributed by atoms with E-state index in [2.05, 4.69) is 48.5 Å². The van der Waals surface area contributed by atoms with E-state index in [1.807, 2.05) is 36.4 Å². The largest absolute Gasteiger partial charge is 0.489 e. The molecule has 4 heteroatoms. The Morgan fingerprint density at radius 1 is 0.875 bits per heavy atom. The molecule has 4 rings (SSSR count). The van der Waals surface area contributed by atoms with Crippen LogP contribution in [0.25, 0.3) is 21.9 Å². The molecule has 32 heavy (non-hydrogen) atoms. The van der Waals surface area contributed by atoms with Gasteiger partial charge in [-0.3, -0.25) is 4.79 Å². The van der Waals surface area contributed by atoms with Crippen molar-refractivity contribution < 1.29 is 14.3 Å². The monoisotopic (exact) mass is 425 g/mol. The summed E-state index contributed by atoms with van der Waals surface area (Å²) in [7, 11) is 0. The maximum Gasteiger partial charge on any atom is 0.310 e. The third kappa shape index (κ3) is 4.98. The zero-order chi connectivity index (χ0) is 22.3. The topological polar surface area (TPSA) is 61.5 Å². The van der Waals surface area contributed by atoms with Crippen molar-refractivity contribution in [3.63, 3.8) is 0 Å². The molecule has 0 aliphatic carbocycles. The van der Waals surface area contributed by atoms with Crippen molar-refractivity contribution in [3.8, 4) is 16.9 Å². The molecule has 2 N–H and O–H groups in total. The number of para-hydroxylation sites is 1. The van der Waals surface area contributed by atoms with E-state index in [4.69, 9.17) is 15.2 Å². The van der Waals surface area contributed by atoms with Gasteiger partial charge in [0.2, 0.25) is 0 Å². The van der Waals surface area contributed by atoms with E-state index in [0.29, 0.717) is 25.5 Å². The second-order valence-electron chi connectivity index (χ2n) is 7.64. The van der Waals surface area contributed by atoms with Gasteiger partial charge in [-0.1, -0.05) is 66.7 Å². The van der Waals surface area contributed by atoms with Crippen LogP contribution < -0.4 is 10.5 Å². The molecule has 0 fully saturated rings. The first-order valence-corrected chi connectivity index (χ1v) is 10.9. The van der Waals surface area contributed by atoms with Crippen LogP contribution in [0, 0.1) is 0 Å². The molecule has 4 aromatic rings. The van der Waals surface area contributed by atoms with E-state index >= 15 is 0 Å². The fourth-order valence-corrected chi connectivity index (χ4v) is 3.85. The lowest BCUT2D eigenvalue weighted by Crippen LogP contribution is -2.09. The Balaban J connectivity index is 1.60. The van der Waals surface area contributed by atoms with Crippen LogP contribution in [-0.2, 0) is 29.1 Å². The first-order valence-electron chi connectivity index (χ1n) is 10.9. The lowest BCUT2D eigenvalue weighted by molar-refractivity contribution is -0.142. The highest BCUT2D eigenvalue weighted by Gasteiger charge is 2.11. The molecule has 0 aromatic heterocycles. The first-order chi connectivity index (χ1) is 15.7. The number of esters is 1. The third-order valence-corrected chi connectivity index (χ3v) is 5.43. The van der Waals surface area contributed by atoms with Gasteiger partial charge in [0.15, 0.2) is 0 Å². The summed E-state index contributed by atoms with van der Waals surface area (Å²) < 4.78 is 11.2. The molecule has 162 valence electrons. The molecule has 0 atom stereocenters. The number of benzene rings is 4. The van der Waals surface area contributed by atoms with Crippen molar-refractivity contribution in [1.29, 1.82) is 0 Å². The average Bonchev–Trinajstić information content (AvgIpc) is 2.83. The van der Waals surface area contributed by atoms with Gasteiger partial charge in [-0.05, 0) is 58.1 Å². The molecule has 0 radical (unpaired) electrons. The molecule has 4 nitrogen and oxygen atoms in total. The lowest BCUT2D eigenvalue weighted by Gasteiger charge is -2.13. The minimum atomic E-state index is -0.251. The summed E-state index contributed by atoms with van der Waals surface area (Å²) in [5.74, 6) is 0.447. The van der Waals surface area contributed by atoms with Gasteiger partial charge in [0.1, 0.15) is 12.4 Å². The zero-order valence-electron chi connectivity index (χ0n) is 18.2. The Bertz CT molecular complexity index is 1230. The minimum absolute atomic E-state index is 0.198. The van der Waals surface area contributed by atoms with Gasteiger partial charge in [0.05, 0.1) is 13.0 Å². The molecular weight excluding hydrogens is 398 g/mol. The molecule has 0 aliphatic rings. The van der Waals surface area contributed by atoms with Crippen molar-refractivity contribution in [2.45, 2.75) is 26.5 Å². The third-order valence-electron chi connectivity index (χ3n) is 5.43. The molecular formula is C28H27NO3. The molecule has 0 heterocycles. The van der Waals surface area contributed by atoms with Crippen LogP contribution in [0.4, 0.5) is 0 Å². The zero-order valence-corrected chi connectivity index (χ0v) is 18.2. The van der Waals surface area contributed by atoms with E-state index in [1.165, 1.54) is 16.3 Å². The number of hydrogen-bond acceptors (Lipinski definition) is 4. The van der Waals surface area contributed by atoms with E-state index < -0.39 is 0 Å². The number of carbonyl (C=O) groups is 1. The lowest BCUT2D eigenvalue weighted by atomic mass is 9.96. The van der Waals surface area contributed by atoms with Gasteiger partial charge in [-0.15, -0.1) is 0 Å². The van der Waals surface area contributed by atoms with E-state index in [9.17, 15) is 4.79 Å². The smallest absolute Gasteiger partial charge is 0.310 e. The van der Waals surface area contributed by atoms with Gasteiger partial charge in [0, 0.05) is 12.1 Å². The standard InChI is InChI=1S/C28H27NO3/c1-2-31-28(30)17-24-8-3-4-12-27(24)32-19-21-13-14-22-9-6-11-25(26(22)16-21)23-10-5-7-20(15-23)18-29/h3-16H,2,17-19,29H2,1H3. The summed E-state index contributed by atoms with van der Waals surface area (Å²) in [5.41, 5.74) is 11.2. The predicted octanol–water partition coefficient (Wildman–Crippen LogP) is 5.65. The van der Waals surface area contributed by atoms with E-state index in [-0.39, 0.29) is 12.4 Å². The highest BCUT2D eigenvalue weighted by molar-refractivity contribution is 5.97. The summed E-state index contributed by atoms with van der Waals surface area (Å²) in [6.45, 7) is 3.10. The Morgan fingerprint density at radius 3 is 2.56 bits per heavy atom. The highest BCUT2D eigenvalue weighted by Crippen LogP contribution is 2.30. The number of hydrogen-bond donors (Lipinski definition) is 1. The van der Waals surface area contributed by atoms with Gasteiger partial charge >= 0.3 is 5.97 Å². The van der Waals surface area contributed by atoms with Crippen LogP contribution in [-0.4, -0.2) is 12.6 Å². The number of ether oxygens (including phenoxy) is 2. The molecule has 0 bridgehead atoms. The van der Waals surface area contributed by atoms with Gasteiger partial charge in [-0.25, -0.2) is 0 Å². The van der Waals surface area contributed by atoms with Gasteiger partial charge < -0.3 is 15.2 Å². The summed E-state index contributed by atoms with van der Waals surface area (Å²) in [6, 6.07) is 28.6. The summed E-state index contributed by atoms with van der Waals surface area (Å²) in [6.07, 6.45) is 0.198. The number of nitrogens with two attached hydrogens (primary N) is 1. The molecule has 0 unspecified atom stereocenters. The number of carbonyl (C=O) groups excluding carboxylic acids is 1. The van der Waals surface area contributed by atoms with Crippen molar-refractivity contribution in [2.75, 3.05) is 6.61 Å². The fraction of sp³-hybridized carbons (Fsp3) is 0.179. The van der Waals surface area contributed by atoms with Crippen molar-refractivity contribution in [2.24, 2.45) is 5.73 Å². The summed E-state index contributed by atoms with van der Waals surface area (Å²) in [5, 5.41) is 2.34. The average molecular weight is 426 g/mol. The van der Waals surface area contributed by atoms with Crippen LogP contribution in [0.2, 0.25) is 0 Å². The molecule has 0 saturated heterocycles. The van der Waals surface area contributed by atoms with Crippen molar-refractivity contribution in [3.05, 3.63) is 102 Å².